The highest BCUT2D eigenvalue weighted by atomic mass is 35.5. The lowest BCUT2D eigenvalue weighted by atomic mass is 10.0. The third kappa shape index (κ3) is 3.32. The number of rotatable bonds is 4. The number of nitrogens with one attached hydrogen (secondary N) is 1. The lowest BCUT2D eigenvalue weighted by Gasteiger charge is -2.25. The zero-order chi connectivity index (χ0) is 15.1. The second kappa shape index (κ2) is 5.62. The van der Waals surface area contributed by atoms with Crippen molar-refractivity contribution < 1.29 is 13.7 Å². The van der Waals surface area contributed by atoms with E-state index in [1.807, 2.05) is 20.8 Å². The molecule has 0 aromatic heterocycles. The maximum absolute atomic E-state index is 14.2. The first-order valence-electron chi connectivity index (χ1n) is 6.56. The highest BCUT2D eigenvalue weighted by Crippen LogP contribution is 2.44. The third-order valence-electron chi connectivity index (χ3n) is 3.32. The molecule has 1 unspecified atom stereocenters. The van der Waals surface area contributed by atoms with E-state index in [2.05, 4.69) is 4.72 Å². The summed E-state index contributed by atoms with van der Waals surface area (Å²) in [7, 11) is -1.30. The molecule has 0 spiro atoms. The highest BCUT2D eigenvalue weighted by Gasteiger charge is 2.37. The van der Waals surface area contributed by atoms with Gasteiger partial charge < -0.3 is 5.11 Å². The van der Waals surface area contributed by atoms with E-state index in [1.54, 1.807) is 6.07 Å². The van der Waals surface area contributed by atoms with Crippen molar-refractivity contribution in [1.29, 1.82) is 0 Å². The first kappa shape index (κ1) is 15.7. The van der Waals surface area contributed by atoms with Crippen LogP contribution in [0.4, 0.5) is 4.39 Å². The van der Waals surface area contributed by atoms with Gasteiger partial charge in [-0.25, -0.2) is 13.3 Å². The molecule has 112 valence electrons. The van der Waals surface area contributed by atoms with Crippen LogP contribution in [0.1, 0.15) is 45.2 Å². The molecule has 1 fully saturated rings. The van der Waals surface area contributed by atoms with Gasteiger partial charge in [0, 0.05) is 5.56 Å². The minimum Gasteiger partial charge on any atom is -0.504 e. The molecule has 0 saturated heterocycles. The summed E-state index contributed by atoms with van der Waals surface area (Å²) < 4.78 is 29.0. The third-order valence-corrected chi connectivity index (χ3v) is 5.20. The van der Waals surface area contributed by atoms with Gasteiger partial charge in [-0.1, -0.05) is 17.7 Å². The molecule has 0 heterocycles. The van der Waals surface area contributed by atoms with Crippen molar-refractivity contribution in [3.63, 3.8) is 0 Å². The Morgan fingerprint density at radius 1 is 1.45 bits per heavy atom. The number of aromatic hydroxyl groups is 1. The van der Waals surface area contributed by atoms with Crippen LogP contribution in [0.25, 0.3) is 0 Å². The van der Waals surface area contributed by atoms with E-state index in [0.29, 0.717) is 5.56 Å². The van der Waals surface area contributed by atoms with E-state index in [1.165, 1.54) is 6.07 Å². The van der Waals surface area contributed by atoms with Gasteiger partial charge in [-0.3, -0.25) is 0 Å². The monoisotopic (exact) mass is 319 g/mol. The van der Waals surface area contributed by atoms with E-state index in [0.717, 1.165) is 12.8 Å². The Hall–Kier alpha value is -0.650. The number of halogens is 2. The maximum atomic E-state index is 14.2. The largest absolute Gasteiger partial charge is 0.504 e. The molecule has 2 N–H and O–H groups in total. The van der Waals surface area contributed by atoms with Crippen LogP contribution in [0.5, 0.6) is 5.75 Å². The van der Waals surface area contributed by atoms with E-state index in [4.69, 9.17) is 11.6 Å². The van der Waals surface area contributed by atoms with Crippen LogP contribution >= 0.6 is 11.6 Å². The van der Waals surface area contributed by atoms with Crippen molar-refractivity contribution in [2.45, 2.75) is 44.4 Å². The fourth-order valence-electron chi connectivity index (χ4n) is 1.93. The SMILES string of the molecule is CC(C)(C)S(=O)N[C@@H](c1ccc(Cl)c(O)c1F)C1CC1. The summed E-state index contributed by atoms with van der Waals surface area (Å²) in [6, 6.07) is 2.65. The average Bonchev–Trinajstić information content (AvgIpc) is 3.17. The van der Waals surface area contributed by atoms with Crippen molar-refractivity contribution in [1.82, 2.24) is 4.72 Å². The van der Waals surface area contributed by atoms with Crippen LogP contribution in [-0.4, -0.2) is 14.1 Å². The number of phenols is 1. The lowest BCUT2D eigenvalue weighted by molar-refractivity contribution is 0.420. The molecule has 1 aliphatic rings. The van der Waals surface area contributed by atoms with Gasteiger partial charge in [0.2, 0.25) is 0 Å². The molecule has 6 heteroatoms. The Labute approximate surface area is 126 Å². The highest BCUT2D eigenvalue weighted by molar-refractivity contribution is 7.84. The normalized spacial score (nSPS) is 18.9. The van der Waals surface area contributed by atoms with Crippen LogP contribution in [-0.2, 0) is 11.0 Å². The minimum absolute atomic E-state index is 0.0160. The molecule has 1 aliphatic carbocycles. The van der Waals surface area contributed by atoms with E-state index in [-0.39, 0.29) is 17.0 Å². The first-order chi connectivity index (χ1) is 9.21. The van der Waals surface area contributed by atoms with Gasteiger partial charge in [-0.05, 0) is 45.6 Å². The molecule has 1 aromatic carbocycles. The molecule has 2 atom stereocenters. The van der Waals surface area contributed by atoms with Crippen LogP contribution in [0.15, 0.2) is 12.1 Å². The smallest absolute Gasteiger partial charge is 0.171 e. The summed E-state index contributed by atoms with van der Waals surface area (Å²) >= 11 is 5.69. The molecule has 0 amide bonds. The van der Waals surface area contributed by atoms with Crippen LogP contribution in [0.3, 0.4) is 0 Å². The summed E-state index contributed by atoms with van der Waals surface area (Å²) in [6.45, 7) is 5.57. The van der Waals surface area contributed by atoms with Crippen molar-refractivity contribution in [2.75, 3.05) is 0 Å². The Morgan fingerprint density at radius 2 is 2.05 bits per heavy atom. The fraction of sp³-hybridized carbons (Fsp3) is 0.571. The number of hydrogen-bond acceptors (Lipinski definition) is 2. The van der Waals surface area contributed by atoms with Gasteiger partial charge in [0.15, 0.2) is 11.6 Å². The quantitative estimate of drug-likeness (QED) is 0.889. The minimum atomic E-state index is -1.30. The Bertz CT molecular complexity index is 541. The Balaban J connectivity index is 2.31. The van der Waals surface area contributed by atoms with Crippen molar-refractivity contribution in [3.8, 4) is 5.75 Å². The molecule has 20 heavy (non-hydrogen) atoms. The van der Waals surface area contributed by atoms with Gasteiger partial charge >= 0.3 is 0 Å². The van der Waals surface area contributed by atoms with Gasteiger partial charge in [0.25, 0.3) is 0 Å². The molecule has 2 rings (SSSR count). The second-order valence-electron chi connectivity index (χ2n) is 6.11. The summed E-state index contributed by atoms with van der Waals surface area (Å²) in [4.78, 5) is 0. The number of phenolic OH excluding ortho intramolecular Hbond substituents is 1. The molecule has 0 radical (unpaired) electrons. The molecule has 1 aromatic rings. The molecule has 0 bridgehead atoms. The fourth-order valence-corrected chi connectivity index (χ4v) is 2.98. The van der Waals surface area contributed by atoms with Gasteiger partial charge in [0.05, 0.1) is 26.8 Å². The van der Waals surface area contributed by atoms with Crippen molar-refractivity contribution in [2.24, 2.45) is 5.92 Å². The van der Waals surface area contributed by atoms with Crippen molar-refractivity contribution in [3.05, 3.63) is 28.5 Å². The number of hydrogen-bond donors (Lipinski definition) is 2. The van der Waals surface area contributed by atoms with Gasteiger partial charge in [-0.2, -0.15) is 0 Å². The summed E-state index contributed by atoms with van der Waals surface area (Å²) in [5.41, 5.74) is 0.326. The summed E-state index contributed by atoms with van der Waals surface area (Å²) in [5.74, 6) is -1.03. The molecule has 3 nitrogen and oxygen atoms in total. The lowest BCUT2D eigenvalue weighted by Crippen LogP contribution is -2.36. The summed E-state index contributed by atoms with van der Waals surface area (Å²) in [5, 5.41) is 9.61. The molecule has 0 aliphatic heterocycles. The van der Waals surface area contributed by atoms with E-state index >= 15 is 0 Å². The van der Waals surface area contributed by atoms with E-state index in [9.17, 15) is 13.7 Å². The zero-order valence-electron chi connectivity index (χ0n) is 11.7. The van der Waals surface area contributed by atoms with E-state index < -0.39 is 27.3 Å². The average molecular weight is 320 g/mol. The Kier molecular flexibility index (Phi) is 4.42. The predicted octanol–water partition coefficient (Wildman–Crippen LogP) is 3.69. The molecular formula is C14H19ClFNO2S. The maximum Gasteiger partial charge on any atom is 0.171 e. The number of benzene rings is 1. The van der Waals surface area contributed by atoms with Crippen LogP contribution < -0.4 is 4.72 Å². The second-order valence-corrected chi connectivity index (χ2v) is 8.52. The van der Waals surface area contributed by atoms with Crippen LogP contribution in [0, 0.1) is 11.7 Å². The Morgan fingerprint density at radius 3 is 2.55 bits per heavy atom. The molecule has 1 saturated carbocycles. The predicted molar refractivity (Wildman–Crippen MR) is 79.6 cm³/mol. The summed E-state index contributed by atoms with van der Waals surface area (Å²) in [6.07, 6.45) is 1.92. The van der Waals surface area contributed by atoms with Crippen molar-refractivity contribution >= 4 is 22.6 Å². The van der Waals surface area contributed by atoms with Crippen LogP contribution in [0.2, 0.25) is 5.02 Å². The van der Waals surface area contributed by atoms with Gasteiger partial charge in [-0.15, -0.1) is 0 Å². The first-order valence-corrected chi connectivity index (χ1v) is 8.09. The standard InChI is InChI=1S/C14H19ClFNO2S/c1-14(2,3)20(19)17-12(8-4-5-8)9-6-7-10(15)13(18)11(9)16/h6-8,12,17-18H,4-5H2,1-3H3/t12-,20?/m1/s1. The zero-order valence-corrected chi connectivity index (χ0v) is 13.3. The molecular weight excluding hydrogens is 301 g/mol. The van der Waals surface area contributed by atoms with Gasteiger partial charge in [0.1, 0.15) is 0 Å². The topological polar surface area (TPSA) is 49.3 Å².